The van der Waals surface area contributed by atoms with Crippen LogP contribution in [0.1, 0.15) is 49.7 Å². The highest BCUT2D eigenvalue weighted by molar-refractivity contribution is 5.98. The summed E-state index contributed by atoms with van der Waals surface area (Å²) in [5.74, 6) is 0.291. The van der Waals surface area contributed by atoms with E-state index in [-0.39, 0.29) is 5.60 Å². The van der Waals surface area contributed by atoms with E-state index in [1.807, 2.05) is 19.2 Å². The van der Waals surface area contributed by atoms with Gasteiger partial charge in [-0.05, 0) is 39.7 Å². The zero-order valence-electron chi connectivity index (χ0n) is 11.0. The minimum absolute atomic E-state index is 0.179. The van der Waals surface area contributed by atoms with Crippen LogP contribution in [0.5, 0.6) is 0 Å². The Labute approximate surface area is 103 Å². The van der Waals surface area contributed by atoms with E-state index in [4.69, 9.17) is 4.74 Å². The molecular formula is C14H21NO2. The first-order chi connectivity index (χ1) is 8.03. The fourth-order valence-corrected chi connectivity index (χ4v) is 2.58. The summed E-state index contributed by atoms with van der Waals surface area (Å²) < 4.78 is 7.90. The lowest BCUT2D eigenvalue weighted by molar-refractivity contribution is -0.0228. The van der Waals surface area contributed by atoms with Crippen molar-refractivity contribution in [3.05, 3.63) is 23.5 Å². The number of aromatic nitrogens is 1. The smallest absolute Gasteiger partial charge is 0.164 e. The molecule has 0 fully saturated rings. The van der Waals surface area contributed by atoms with Crippen LogP contribution in [0.2, 0.25) is 0 Å². The number of hydrogen-bond donors (Lipinski definition) is 0. The second kappa shape index (κ2) is 4.65. The molecule has 0 spiro atoms. The number of nitrogens with zero attached hydrogens (tertiary/aromatic N) is 1. The van der Waals surface area contributed by atoms with Crippen molar-refractivity contribution in [2.24, 2.45) is 0 Å². The third kappa shape index (κ3) is 2.60. The first-order valence-corrected chi connectivity index (χ1v) is 6.38. The summed E-state index contributed by atoms with van der Waals surface area (Å²) in [6.07, 6.45) is 4.71. The number of Topliss-reactive ketones (excluding diaryl/α,β-unsaturated/α-hetero) is 1. The van der Waals surface area contributed by atoms with E-state index in [2.05, 4.69) is 18.4 Å². The number of fused-ring (bicyclic) bond motifs is 1. The molecule has 0 saturated heterocycles. The van der Waals surface area contributed by atoms with E-state index in [9.17, 15) is 4.79 Å². The van der Waals surface area contributed by atoms with Gasteiger partial charge in [-0.2, -0.15) is 0 Å². The SMILES string of the molecule is CCOC(C)(C)Cn1ccc2c1CCCC2=O. The molecule has 1 aromatic heterocycles. The van der Waals surface area contributed by atoms with E-state index in [0.29, 0.717) is 12.2 Å². The summed E-state index contributed by atoms with van der Waals surface area (Å²) >= 11 is 0. The summed E-state index contributed by atoms with van der Waals surface area (Å²) in [5, 5.41) is 0. The molecule has 0 unspecified atom stereocenters. The third-order valence-corrected chi connectivity index (χ3v) is 3.28. The van der Waals surface area contributed by atoms with Gasteiger partial charge < -0.3 is 9.30 Å². The Morgan fingerprint density at radius 1 is 1.41 bits per heavy atom. The highest BCUT2D eigenvalue weighted by Crippen LogP contribution is 2.24. The van der Waals surface area contributed by atoms with E-state index in [0.717, 1.165) is 31.6 Å². The van der Waals surface area contributed by atoms with Crippen LogP contribution >= 0.6 is 0 Å². The number of carbonyl (C=O) groups is 1. The number of ketones is 1. The van der Waals surface area contributed by atoms with Gasteiger partial charge in [0.25, 0.3) is 0 Å². The average Bonchev–Trinajstić information content (AvgIpc) is 2.62. The quantitative estimate of drug-likeness (QED) is 0.803. The predicted octanol–water partition coefficient (Wildman–Crippen LogP) is 2.82. The van der Waals surface area contributed by atoms with Crippen molar-refractivity contribution in [2.45, 2.75) is 52.2 Å². The van der Waals surface area contributed by atoms with Crippen molar-refractivity contribution >= 4 is 5.78 Å². The van der Waals surface area contributed by atoms with Crippen LogP contribution in [-0.4, -0.2) is 22.6 Å². The third-order valence-electron chi connectivity index (χ3n) is 3.28. The van der Waals surface area contributed by atoms with Gasteiger partial charge in [0.2, 0.25) is 0 Å². The Morgan fingerprint density at radius 2 is 2.18 bits per heavy atom. The van der Waals surface area contributed by atoms with Crippen LogP contribution < -0.4 is 0 Å². The van der Waals surface area contributed by atoms with E-state index < -0.39 is 0 Å². The Kier molecular flexibility index (Phi) is 3.38. The van der Waals surface area contributed by atoms with Crippen molar-refractivity contribution in [3.63, 3.8) is 0 Å². The van der Waals surface area contributed by atoms with Crippen molar-refractivity contribution in [1.29, 1.82) is 0 Å². The van der Waals surface area contributed by atoms with Crippen molar-refractivity contribution in [1.82, 2.24) is 4.57 Å². The zero-order valence-corrected chi connectivity index (χ0v) is 11.0. The van der Waals surface area contributed by atoms with Crippen LogP contribution in [0.4, 0.5) is 0 Å². The molecule has 1 aromatic rings. The van der Waals surface area contributed by atoms with Crippen molar-refractivity contribution < 1.29 is 9.53 Å². The highest BCUT2D eigenvalue weighted by Gasteiger charge is 2.24. The molecule has 0 bridgehead atoms. The number of carbonyl (C=O) groups excluding carboxylic acids is 1. The van der Waals surface area contributed by atoms with Gasteiger partial charge in [-0.25, -0.2) is 0 Å². The van der Waals surface area contributed by atoms with Gasteiger partial charge in [-0.3, -0.25) is 4.79 Å². The monoisotopic (exact) mass is 235 g/mol. The van der Waals surface area contributed by atoms with E-state index >= 15 is 0 Å². The van der Waals surface area contributed by atoms with Gasteiger partial charge in [0, 0.05) is 30.5 Å². The van der Waals surface area contributed by atoms with Crippen LogP contribution in [-0.2, 0) is 17.7 Å². The largest absolute Gasteiger partial charge is 0.374 e. The topological polar surface area (TPSA) is 31.2 Å². The fourth-order valence-electron chi connectivity index (χ4n) is 2.58. The van der Waals surface area contributed by atoms with Crippen LogP contribution in [0.25, 0.3) is 0 Å². The highest BCUT2D eigenvalue weighted by atomic mass is 16.5. The molecule has 0 amide bonds. The summed E-state index contributed by atoms with van der Waals surface area (Å²) in [4.78, 5) is 11.7. The Bertz CT molecular complexity index is 418. The molecule has 3 heteroatoms. The molecule has 0 aliphatic heterocycles. The molecule has 0 aromatic carbocycles. The Balaban J connectivity index is 2.20. The summed E-state index contributed by atoms with van der Waals surface area (Å²) in [5.41, 5.74) is 1.93. The summed E-state index contributed by atoms with van der Waals surface area (Å²) in [6, 6.07) is 1.96. The predicted molar refractivity (Wildman–Crippen MR) is 67.4 cm³/mol. The number of ether oxygens (including phenoxy) is 1. The molecule has 0 radical (unpaired) electrons. The van der Waals surface area contributed by atoms with E-state index in [1.54, 1.807) is 0 Å². The molecule has 1 aliphatic carbocycles. The van der Waals surface area contributed by atoms with Crippen LogP contribution in [0, 0.1) is 0 Å². The molecule has 2 rings (SSSR count). The average molecular weight is 235 g/mol. The molecule has 1 heterocycles. The summed E-state index contributed by atoms with van der Waals surface area (Å²) in [7, 11) is 0. The maximum absolute atomic E-state index is 11.7. The minimum Gasteiger partial charge on any atom is -0.374 e. The molecular weight excluding hydrogens is 214 g/mol. The first-order valence-electron chi connectivity index (χ1n) is 6.38. The molecule has 17 heavy (non-hydrogen) atoms. The lowest BCUT2D eigenvalue weighted by atomic mass is 9.96. The molecule has 94 valence electrons. The van der Waals surface area contributed by atoms with Gasteiger partial charge in [0.1, 0.15) is 0 Å². The Morgan fingerprint density at radius 3 is 2.88 bits per heavy atom. The van der Waals surface area contributed by atoms with Crippen molar-refractivity contribution in [2.75, 3.05) is 6.61 Å². The van der Waals surface area contributed by atoms with Crippen molar-refractivity contribution in [3.8, 4) is 0 Å². The second-order valence-electron chi connectivity index (χ2n) is 5.27. The molecule has 1 aliphatic rings. The Hall–Kier alpha value is -1.09. The van der Waals surface area contributed by atoms with Gasteiger partial charge >= 0.3 is 0 Å². The van der Waals surface area contributed by atoms with Gasteiger partial charge in [-0.15, -0.1) is 0 Å². The first kappa shape index (κ1) is 12.4. The minimum atomic E-state index is -0.179. The second-order valence-corrected chi connectivity index (χ2v) is 5.27. The van der Waals surface area contributed by atoms with E-state index in [1.165, 1.54) is 5.69 Å². The molecule has 0 atom stereocenters. The van der Waals surface area contributed by atoms with Crippen LogP contribution in [0.3, 0.4) is 0 Å². The maximum Gasteiger partial charge on any atom is 0.164 e. The van der Waals surface area contributed by atoms with Gasteiger partial charge in [0.05, 0.1) is 12.1 Å². The van der Waals surface area contributed by atoms with Gasteiger partial charge in [-0.1, -0.05) is 0 Å². The lowest BCUT2D eigenvalue weighted by Crippen LogP contribution is -2.31. The standard InChI is InChI=1S/C14H21NO2/c1-4-17-14(2,3)10-15-9-8-11-12(15)6-5-7-13(11)16/h8-9H,4-7,10H2,1-3H3. The molecule has 0 N–H and O–H groups in total. The normalized spacial score (nSPS) is 16.1. The summed E-state index contributed by atoms with van der Waals surface area (Å²) in [6.45, 7) is 7.72. The number of hydrogen-bond acceptors (Lipinski definition) is 2. The zero-order chi connectivity index (χ0) is 12.5. The maximum atomic E-state index is 11.7. The van der Waals surface area contributed by atoms with Crippen LogP contribution in [0.15, 0.2) is 12.3 Å². The fraction of sp³-hybridized carbons (Fsp3) is 0.643. The number of rotatable bonds is 4. The van der Waals surface area contributed by atoms with Gasteiger partial charge in [0.15, 0.2) is 5.78 Å². The molecule has 3 nitrogen and oxygen atoms in total. The molecule has 0 saturated carbocycles. The lowest BCUT2D eigenvalue weighted by Gasteiger charge is -2.27.